The monoisotopic (exact) mass is 1770 g/mol. The van der Waals surface area contributed by atoms with Crippen LogP contribution in [-0.2, 0) is 33.1 Å². The molecule has 0 bridgehead atoms. The number of hydrogen-bond acceptors (Lipinski definition) is 10. The van der Waals surface area contributed by atoms with Crippen molar-refractivity contribution in [3.05, 3.63) is 628 Å². The van der Waals surface area contributed by atoms with Gasteiger partial charge in [-0.3, -0.25) is 4.68 Å². The topological polar surface area (TPSA) is 124 Å². The predicted octanol–water partition coefficient (Wildman–Crippen LogP) is 27.7. The van der Waals surface area contributed by atoms with Gasteiger partial charge in [-0.15, -0.1) is 45.3 Å². The lowest BCUT2D eigenvalue weighted by Crippen LogP contribution is -2.37. The minimum Gasteiger partial charge on any atom is -0.376 e. The largest absolute Gasteiger partial charge is 0.376 e. The zero-order chi connectivity index (χ0) is 89.0. The minimum atomic E-state index is -1.51. The second-order valence-electron chi connectivity index (χ2n) is 29.9. The molecule has 0 saturated heterocycles. The number of thiophene rings is 4. The molecule has 6 aromatic heterocycles. The van der Waals surface area contributed by atoms with Gasteiger partial charge in [-0.25, -0.2) is 13.8 Å². The van der Waals surface area contributed by atoms with Crippen LogP contribution in [0.15, 0.2) is 514 Å². The molecule has 2 N–H and O–H groups in total. The van der Waals surface area contributed by atoms with Crippen molar-refractivity contribution in [1.29, 1.82) is 10.5 Å². The summed E-state index contributed by atoms with van der Waals surface area (Å²) in [5, 5.41) is 56.3. The van der Waals surface area contributed by atoms with Crippen LogP contribution in [0.4, 0.5) is 8.78 Å². The smallest absolute Gasteiger partial charge is 0.158 e. The summed E-state index contributed by atoms with van der Waals surface area (Å²) in [5.74, 6) is -0.801. The van der Waals surface area contributed by atoms with Crippen molar-refractivity contribution in [2.24, 2.45) is 0 Å². The zero-order valence-corrected chi connectivity index (χ0v) is 73.9. The van der Waals surface area contributed by atoms with E-state index in [9.17, 15) is 29.5 Å². The molecule has 0 unspecified atom stereocenters. The molecule has 0 saturated carbocycles. The molecule has 0 spiro atoms. The van der Waals surface area contributed by atoms with E-state index in [4.69, 9.17) is 11.6 Å². The Kier molecular flexibility index (Phi) is 29.4. The molecule has 0 aliphatic heterocycles. The average Bonchev–Trinajstić information content (AvgIpc) is 1.65. The molecular weight excluding hydrogens is 1690 g/mol. The highest BCUT2D eigenvalue weighted by atomic mass is 35.5. The Morgan fingerprint density at radius 2 is 0.550 bits per heavy atom. The molecule has 20 rings (SSSR count). The van der Waals surface area contributed by atoms with Crippen LogP contribution in [0.1, 0.15) is 97.4 Å². The van der Waals surface area contributed by atoms with Gasteiger partial charge in [0.1, 0.15) is 39.1 Å². The molecule has 15 heteroatoms. The maximum Gasteiger partial charge on any atom is 0.158 e. The number of nitrogens with zero attached hydrogens (tertiary/aromatic N) is 6. The first kappa shape index (κ1) is 89.2. The van der Waals surface area contributed by atoms with Gasteiger partial charge in [-0.1, -0.05) is 424 Å². The average molecular weight is 1770 g/mol. The molecule has 20 aromatic rings. The summed E-state index contributed by atoms with van der Waals surface area (Å²) in [6.07, 6.45) is 9.67. The fourth-order valence-corrected chi connectivity index (χ4v) is 20.6. The Hall–Kier alpha value is -14.7. The van der Waals surface area contributed by atoms with Crippen molar-refractivity contribution in [3.8, 4) is 12.1 Å². The van der Waals surface area contributed by atoms with E-state index in [1.165, 1.54) is 44.1 Å². The van der Waals surface area contributed by atoms with E-state index in [0.29, 0.717) is 21.7 Å². The summed E-state index contributed by atoms with van der Waals surface area (Å²) in [6, 6.07) is 153. The highest BCUT2D eigenvalue weighted by Crippen LogP contribution is 2.48. The summed E-state index contributed by atoms with van der Waals surface area (Å²) in [7, 11) is 0. The molecule has 6 heterocycles. The maximum absolute atomic E-state index is 14.5. The van der Waals surface area contributed by atoms with Crippen LogP contribution in [0.2, 0.25) is 5.02 Å². The first-order chi connectivity index (χ1) is 63.5. The second-order valence-corrected chi connectivity index (χ2v) is 34.1. The number of nitriles is 2. The van der Waals surface area contributed by atoms with Gasteiger partial charge in [0.15, 0.2) is 5.60 Å². The van der Waals surface area contributed by atoms with Gasteiger partial charge in [-0.05, 0) is 137 Å². The molecule has 0 aliphatic carbocycles. The fraction of sp³-hybridized carbons (Fsp3) is 0.0526. The van der Waals surface area contributed by atoms with E-state index in [-0.39, 0.29) is 11.4 Å². The Bertz CT molecular complexity index is 6190. The molecule has 0 atom stereocenters. The molecule has 129 heavy (non-hydrogen) atoms. The maximum atomic E-state index is 14.5. The van der Waals surface area contributed by atoms with Crippen LogP contribution < -0.4 is 0 Å². The summed E-state index contributed by atoms with van der Waals surface area (Å²) >= 11 is 13.1. The number of imidazole rings is 1. The summed E-state index contributed by atoms with van der Waals surface area (Å²) in [5.41, 5.74) is 6.38. The van der Waals surface area contributed by atoms with Crippen molar-refractivity contribution in [1.82, 2.24) is 19.3 Å². The first-order valence-electron chi connectivity index (χ1n) is 41.7. The number of aliphatic hydroxyl groups is 2. The second kappa shape index (κ2) is 42.6. The summed E-state index contributed by atoms with van der Waals surface area (Å²) in [4.78, 5) is 8.75. The number of halogens is 3. The number of rotatable bonds is 20. The lowest BCUT2D eigenvalue weighted by Gasteiger charge is -2.35. The third kappa shape index (κ3) is 18.7. The molecule has 0 aliphatic rings. The van der Waals surface area contributed by atoms with Crippen LogP contribution in [0, 0.1) is 34.3 Å². The number of aromatic nitrogens is 4. The van der Waals surface area contributed by atoms with E-state index in [0.717, 1.165) is 43.1 Å². The van der Waals surface area contributed by atoms with Crippen LogP contribution in [0.3, 0.4) is 0 Å². The van der Waals surface area contributed by atoms with Crippen LogP contribution in [-0.4, -0.2) is 29.5 Å². The Balaban J connectivity index is 0.000000119. The molecule has 0 radical (unpaired) electrons. The third-order valence-electron chi connectivity index (χ3n) is 22.6. The first-order valence-corrected chi connectivity index (χ1v) is 45.6. The standard InChI is InChI=1S/C20H14ClN.C20H14FN.2C20H16N2S.C19H15FO.C15H12OS2/c2*21-19-14-8-7-13-18(19)20(15-22,16-9-3-1-4-10-16)17-11-5-2-6-12-17;1-3-9-17(10-4-1)20(19-13-7-16-23-19,22-15-8-14-21-22)18-11-5-2-6-12-18;1-3-8-17(9-4-1)20(19-12-7-15-23-19,22-14-13-21-16-22)18-10-5-2-6-11-18;20-18-14-8-7-13-17(18)19(21,15-9-3-1-4-10-15)16-11-5-2-6-12-16;16-15(13-8-4-10-17-13,14-9-5-11-18-14)12-6-2-1-3-7-12/h2*1-14H;2*1-16H;1-14,21H;1-11,16H. The van der Waals surface area contributed by atoms with E-state index in [2.05, 4.69) is 188 Å². The molecule has 0 amide bonds. The van der Waals surface area contributed by atoms with E-state index >= 15 is 0 Å². The van der Waals surface area contributed by atoms with E-state index in [1.807, 2.05) is 285 Å². The van der Waals surface area contributed by atoms with Gasteiger partial charge in [-0.2, -0.15) is 15.6 Å². The van der Waals surface area contributed by atoms with Gasteiger partial charge in [0, 0.05) is 60.4 Å². The highest BCUT2D eigenvalue weighted by Gasteiger charge is 2.44. The zero-order valence-electron chi connectivity index (χ0n) is 69.9. The van der Waals surface area contributed by atoms with Crippen LogP contribution in [0.25, 0.3) is 0 Å². The summed E-state index contributed by atoms with van der Waals surface area (Å²) < 4.78 is 33.0. The summed E-state index contributed by atoms with van der Waals surface area (Å²) in [6.45, 7) is 0. The Morgan fingerprint density at radius 3 is 0.853 bits per heavy atom. The minimum absolute atomic E-state index is 0.252. The number of hydrogen-bond donors (Lipinski definition) is 2. The lowest BCUT2D eigenvalue weighted by atomic mass is 9.70. The van der Waals surface area contributed by atoms with Crippen molar-refractivity contribution >= 4 is 56.9 Å². The van der Waals surface area contributed by atoms with Crippen molar-refractivity contribution < 1.29 is 19.0 Å². The molecule has 14 aromatic carbocycles. The molecule has 0 fully saturated rings. The normalized spacial score (nSPS) is 11.3. The molecular formula is C114H87ClF2N6O2S4. The fourth-order valence-electron chi connectivity index (χ4n) is 16.6. The highest BCUT2D eigenvalue weighted by molar-refractivity contribution is 7.12. The van der Waals surface area contributed by atoms with E-state index in [1.54, 1.807) is 106 Å². The SMILES string of the molecule is N#CC(c1ccccc1)(c1ccccc1)c1ccccc1Cl.N#CC(c1ccccc1)(c1ccccc1)c1ccccc1F.OC(c1ccccc1)(c1ccccc1)c1ccccc1F.OC(c1ccccc1)(c1cccs1)c1cccs1.c1ccc(C(c2ccccc2)(c2cccs2)n2cccn2)cc1.c1ccc(C(c2ccccc2)(c2cccs2)n2ccnc2)cc1. The Morgan fingerprint density at radius 1 is 0.271 bits per heavy atom. The van der Waals surface area contributed by atoms with Gasteiger partial charge in [0.2, 0.25) is 0 Å². The van der Waals surface area contributed by atoms with Crippen molar-refractivity contribution in [2.45, 2.75) is 33.1 Å². The van der Waals surface area contributed by atoms with Crippen LogP contribution >= 0.6 is 56.9 Å². The molecule has 630 valence electrons. The van der Waals surface area contributed by atoms with Gasteiger partial charge >= 0.3 is 0 Å². The Labute approximate surface area is 772 Å². The predicted molar refractivity (Wildman–Crippen MR) is 523 cm³/mol. The van der Waals surface area contributed by atoms with Crippen molar-refractivity contribution in [2.75, 3.05) is 0 Å². The third-order valence-corrected chi connectivity index (χ3v) is 26.8. The van der Waals surface area contributed by atoms with Crippen molar-refractivity contribution in [3.63, 3.8) is 0 Å². The lowest BCUT2D eigenvalue weighted by molar-refractivity contribution is 0.121. The molecule has 8 nitrogen and oxygen atoms in total. The van der Waals surface area contributed by atoms with Gasteiger partial charge in [0.05, 0.1) is 18.5 Å². The van der Waals surface area contributed by atoms with Gasteiger partial charge in [0.25, 0.3) is 0 Å². The quantitative estimate of drug-likeness (QED) is 0.0733. The van der Waals surface area contributed by atoms with E-state index < -0.39 is 38.9 Å². The van der Waals surface area contributed by atoms with Gasteiger partial charge < -0.3 is 14.8 Å². The van der Waals surface area contributed by atoms with Crippen LogP contribution in [0.5, 0.6) is 0 Å². The number of benzene rings is 14.